The summed E-state index contributed by atoms with van der Waals surface area (Å²) in [5.41, 5.74) is 7.40. The van der Waals surface area contributed by atoms with Gasteiger partial charge in [-0.15, -0.1) is 0 Å². The summed E-state index contributed by atoms with van der Waals surface area (Å²) in [4.78, 5) is 50.8. The fourth-order valence-electron chi connectivity index (χ4n) is 7.75. The molecular formula is C43H42FN5O6. The molecule has 2 unspecified atom stereocenters. The normalized spacial score (nSPS) is 21.1. The molecule has 4 N–H and O–H groups in total. The Labute approximate surface area is 318 Å². The van der Waals surface area contributed by atoms with Crippen LogP contribution in [0, 0.1) is 5.82 Å². The molecule has 2 aliphatic rings. The van der Waals surface area contributed by atoms with Gasteiger partial charge in [-0.1, -0.05) is 61.9 Å². The number of methoxy groups -OCH3 is 1. The number of ether oxygens (including phenoxy) is 3. The number of nitrogens with two attached hydrogens (primary N) is 1. The maximum atomic E-state index is 14.4. The van der Waals surface area contributed by atoms with Crippen molar-refractivity contribution in [2.24, 2.45) is 5.73 Å². The zero-order valence-electron chi connectivity index (χ0n) is 30.8. The highest BCUT2D eigenvalue weighted by Gasteiger charge is 2.60. The quantitative estimate of drug-likeness (QED) is 0.127. The van der Waals surface area contributed by atoms with Crippen LogP contribution in [-0.2, 0) is 38.3 Å². The summed E-state index contributed by atoms with van der Waals surface area (Å²) in [6.45, 7) is 2.47. The highest BCUT2D eigenvalue weighted by molar-refractivity contribution is 6.12. The number of carbonyl (C=O) groups excluding carboxylic acids is 3. The number of aryl methyl sites for hydroxylation is 1. The Morgan fingerprint density at radius 3 is 2.35 bits per heavy atom. The van der Waals surface area contributed by atoms with Crippen LogP contribution in [-0.4, -0.2) is 48.0 Å². The van der Waals surface area contributed by atoms with Crippen LogP contribution in [0.3, 0.4) is 0 Å². The smallest absolute Gasteiger partial charge is 0.255 e. The molecule has 3 amide bonds. The van der Waals surface area contributed by atoms with Gasteiger partial charge in [0.05, 0.1) is 25.4 Å². The predicted molar refractivity (Wildman–Crippen MR) is 203 cm³/mol. The van der Waals surface area contributed by atoms with E-state index < -0.39 is 40.6 Å². The van der Waals surface area contributed by atoms with Crippen molar-refractivity contribution in [3.63, 3.8) is 0 Å². The Hall–Kier alpha value is -6.14. The topological polar surface area (TPSA) is 155 Å². The third kappa shape index (κ3) is 6.78. The average molecular weight is 744 g/mol. The summed E-state index contributed by atoms with van der Waals surface area (Å²) in [5, 5.41) is 5.82. The molecular weight excluding hydrogens is 702 g/mol. The molecule has 1 fully saturated rings. The van der Waals surface area contributed by atoms with Gasteiger partial charge in [-0.3, -0.25) is 14.4 Å². The molecule has 1 aromatic heterocycles. The first-order valence-electron chi connectivity index (χ1n) is 18.2. The van der Waals surface area contributed by atoms with Gasteiger partial charge in [0.2, 0.25) is 11.8 Å². The number of hydrogen-bond acceptors (Lipinski definition) is 8. The minimum absolute atomic E-state index is 0.132. The molecule has 282 valence electrons. The van der Waals surface area contributed by atoms with E-state index in [0.717, 1.165) is 17.5 Å². The molecule has 0 bridgehead atoms. The molecule has 12 heteroatoms. The Kier molecular flexibility index (Phi) is 10.3. The van der Waals surface area contributed by atoms with Crippen LogP contribution in [0.5, 0.6) is 11.5 Å². The molecule has 1 aliphatic heterocycles. The van der Waals surface area contributed by atoms with Crippen molar-refractivity contribution < 1.29 is 33.0 Å². The highest BCUT2D eigenvalue weighted by Crippen LogP contribution is 2.53. The van der Waals surface area contributed by atoms with Gasteiger partial charge in [-0.05, 0) is 76.7 Å². The lowest BCUT2D eigenvalue weighted by atomic mass is 9.72. The van der Waals surface area contributed by atoms with Crippen LogP contribution in [0.1, 0.15) is 70.7 Å². The lowest BCUT2D eigenvalue weighted by molar-refractivity contribution is -0.139. The van der Waals surface area contributed by atoms with Crippen molar-refractivity contribution in [2.45, 2.75) is 62.4 Å². The van der Waals surface area contributed by atoms with E-state index in [1.807, 2.05) is 49.4 Å². The number of rotatable bonds is 13. The Bertz CT molecular complexity index is 2210. The van der Waals surface area contributed by atoms with E-state index in [1.54, 1.807) is 36.7 Å². The van der Waals surface area contributed by atoms with Gasteiger partial charge in [0.15, 0.2) is 17.3 Å². The van der Waals surface area contributed by atoms with Crippen molar-refractivity contribution in [1.29, 1.82) is 0 Å². The molecule has 1 aliphatic carbocycles. The molecule has 55 heavy (non-hydrogen) atoms. The van der Waals surface area contributed by atoms with Gasteiger partial charge < -0.3 is 30.6 Å². The zero-order chi connectivity index (χ0) is 38.7. The number of hydrogen-bond donors (Lipinski definition) is 3. The van der Waals surface area contributed by atoms with E-state index in [0.29, 0.717) is 59.9 Å². The molecule has 0 spiro atoms. The molecule has 7 rings (SSSR count). The second kappa shape index (κ2) is 15.3. The minimum atomic E-state index is -1.99. The van der Waals surface area contributed by atoms with E-state index in [9.17, 15) is 18.8 Å². The predicted octanol–water partition coefficient (Wildman–Crippen LogP) is 5.85. The summed E-state index contributed by atoms with van der Waals surface area (Å²) in [6.07, 6.45) is 4.31. The fraction of sp³-hybridized carbons (Fsp3) is 0.279. The number of carbonyl (C=O) groups is 3. The molecule has 2 heterocycles. The second-order valence-corrected chi connectivity index (χ2v) is 13.9. The largest absolute Gasteiger partial charge is 0.496 e. The van der Waals surface area contributed by atoms with Gasteiger partial charge >= 0.3 is 0 Å². The number of fused-ring (bicyclic) bond motifs is 1. The van der Waals surface area contributed by atoms with Crippen molar-refractivity contribution in [3.8, 4) is 22.6 Å². The first-order valence-corrected chi connectivity index (χ1v) is 18.2. The molecule has 4 aromatic carbocycles. The zero-order valence-corrected chi connectivity index (χ0v) is 30.8. The van der Waals surface area contributed by atoms with Crippen molar-refractivity contribution in [3.05, 3.63) is 143 Å². The molecule has 5 aromatic rings. The lowest BCUT2D eigenvalue weighted by Crippen LogP contribution is -2.58. The van der Waals surface area contributed by atoms with Crippen LogP contribution in [0.25, 0.3) is 11.1 Å². The van der Waals surface area contributed by atoms with Crippen LogP contribution >= 0.6 is 0 Å². The van der Waals surface area contributed by atoms with E-state index in [2.05, 4.69) is 20.6 Å². The third-order valence-corrected chi connectivity index (χ3v) is 10.5. The maximum Gasteiger partial charge on any atom is 0.255 e. The van der Waals surface area contributed by atoms with Gasteiger partial charge in [0.1, 0.15) is 22.9 Å². The first kappa shape index (κ1) is 37.2. The SMILES string of the molecule is CCCc1cc2c(cc1-c1ccc(OC)c(C(=O)NC3(c4ncccn4)CC(OCc4ccccc4)C3)c1)C(C(N)=O)(C(=O)NC)C(c1ccc(F)cc1)O2. The summed E-state index contributed by atoms with van der Waals surface area (Å²) < 4.78 is 32.3. The number of halogens is 1. The van der Waals surface area contributed by atoms with Gasteiger partial charge in [-0.25, -0.2) is 14.4 Å². The number of nitrogens with one attached hydrogen (secondary N) is 2. The summed E-state index contributed by atoms with van der Waals surface area (Å²) in [7, 11) is 2.91. The van der Waals surface area contributed by atoms with Gasteiger partial charge in [0.25, 0.3) is 5.91 Å². The van der Waals surface area contributed by atoms with Crippen LogP contribution < -0.4 is 25.8 Å². The minimum Gasteiger partial charge on any atom is -0.496 e. The number of primary amides is 1. The second-order valence-electron chi connectivity index (χ2n) is 13.9. The van der Waals surface area contributed by atoms with Gasteiger partial charge in [0, 0.05) is 37.8 Å². The van der Waals surface area contributed by atoms with E-state index >= 15 is 0 Å². The van der Waals surface area contributed by atoms with Crippen LogP contribution in [0.2, 0.25) is 0 Å². The van der Waals surface area contributed by atoms with Crippen LogP contribution in [0.4, 0.5) is 4.39 Å². The van der Waals surface area contributed by atoms with Crippen molar-refractivity contribution >= 4 is 17.7 Å². The van der Waals surface area contributed by atoms with E-state index in [1.165, 1.54) is 38.4 Å². The van der Waals surface area contributed by atoms with Gasteiger partial charge in [-0.2, -0.15) is 0 Å². The first-order chi connectivity index (χ1) is 26.6. The number of likely N-dealkylation sites (N-methyl/N-ethyl adjacent to an activating group) is 1. The summed E-state index contributed by atoms with van der Waals surface area (Å²) in [5.74, 6) is -1.34. The van der Waals surface area contributed by atoms with E-state index in [4.69, 9.17) is 19.9 Å². The maximum absolute atomic E-state index is 14.4. The molecule has 11 nitrogen and oxygen atoms in total. The van der Waals surface area contributed by atoms with E-state index in [-0.39, 0.29) is 17.2 Å². The average Bonchev–Trinajstić information content (AvgIpc) is 3.54. The Morgan fingerprint density at radius 2 is 1.69 bits per heavy atom. The number of aromatic nitrogens is 2. The number of benzene rings is 4. The third-order valence-electron chi connectivity index (χ3n) is 10.5. The van der Waals surface area contributed by atoms with Crippen LogP contribution in [0.15, 0.2) is 103 Å². The highest BCUT2D eigenvalue weighted by atomic mass is 19.1. The Morgan fingerprint density at radius 1 is 0.964 bits per heavy atom. The molecule has 1 saturated carbocycles. The van der Waals surface area contributed by atoms with Crippen molar-refractivity contribution in [1.82, 2.24) is 20.6 Å². The summed E-state index contributed by atoms with van der Waals surface area (Å²) in [6, 6.07) is 25.9. The summed E-state index contributed by atoms with van der Waals surface area (Å²) >= 11 is 0. The molecule has 0 radical (unpaired) electrons. The molecule has 0 saturated heterocycles. The Balaban J connectivity index is 1.26. The fourth-order valence-corrected chi connectivity index (χ4v) is 7.75. The monoisotopic (exact) mass is 743 g/mol. The molecule has 2 atom stereocenters. The number of amides is 3. The van der Waals surface area contributed by atoms with Crippen molar-refractivity contribution in [2.75, 3.05) is 14.2 Å². The standard InChI is InChI=1S/C43H42FN5O6/c1-4-9-28-21-36-34(43(39(45)51,41(52)46-2)37(55-36)27-12-15-30(44)16-13-27)22-32(28)29-14-17-35(53-3)33(20-29)38(50)49-42(40-47-18-8-19-48-40)23-31(24-42)54-25-26-10-6-5-7-11-26/h5-8,10-22,31,37H,4,9,23-25H2,1-3H3,(H2,45,51)(H,46,52)(H,49,50). The lowest BCUT2D eigenvalue weighted by Gasteiger charge is -2.46. The number of nitrogens with zero attached hydrogens (tertiary/aromatic N) is 2.